The van der Waals surface area contributed by atoms with Gasteiger partial charge in [-0.1, -0.05) is 32.1 Å². The number of ether oxygens (including phenoxy) is 1. The maximum Gasteiger partial charge on any atom is 0.306 e. The third kappa shape index (κ3) is 15.7. The first-order valence-electron chi connectivity index (χ1n) is 6.87. The van der Waals surface area contributed by atoms with E-state index >= 15 is 0 Å². The first-order valence-corrected chi connectivity index (χ1v) is 6.87. The van der Waals surface area contributed by atoms with Crippen LogP contribution < -0.4 is 5.73 Å². The van der Waals surface area contributed by atoms with E-state index in [0.717, 1.165) is 25.8 Å². The van der Waals surface area contributed by atoms with Crippen molar-refractivity contribution >= 4 is 18.4 Å². The van der Waals surface area contributed by atoms with Crippen molar-refractivity contribution in [2.24, 2.45) is 5.73 Å². The molecule has 0 aliphatic carbocycles. The fraction of sp³-hybridized carbons (Fsp3) is 0.929. The van der Waals surface area contributed by atoms with Gasteiger partial charge in [0.25, 0.3) is 0 Å². The quantitative estimate of drug-likeness (QED) is 0.515. The predicted octanol–water partition coefficient (Wildman–Crippen LogP) is 3.83. The van der Waals surface area contributed by atoms with Gasteiger partial charge < -0.3 is 10.5 Å². The Balaban J connectivity index is 0. The monoisotopic (exact) mass is 279 g/mol. The van der Waals surface area contributed by atoms with E-state index in [1.54, 1.807) is 0 Å². The maximum absolute atomic E-state index is 11.4. The first kappa shape index (κ1) is 20.0. The van der Waals surface area contributed by atoms with Gasteiger partial charge in [0.15, 0.2) is 0 Å². The van der Waals surface area contributed by atoms with Gasteiger partial charge >= 0.3 is 5.97 Å². The topological polar surface area (TPSA) is 52.3 Å². The highest BCUT2D eigenvalue weighted by Gasteiger charge is 2.15. The number of carbonyl (C=O) groups excluding carboxylic acids is 1. The number of unbranched alkanes of at least 4 members (excludes halogenated alkanes) is 6. The molecule has 110 valence electrons. The van der Waals surface area contributed by atoms with Gasteiger partial charge in [0.1, 0.15) is 5.60 Å². The molecule has 4 heteroatoms. The largest absolute Gasteiger partial charge is 0.460 e. The minimum absolute atomic E-state index is 0. The van der Waals surface area contributed by atoms with Crippen molar-refractivity contribution < 1.29 is 9.53 Å². The molecule has 0 aromatic rings. The maximum atomic E-state index is 11.4. The van der Waals surface area contributed by atoms with Crippen LogP contribution in [0.3, 0.4) is 0 Å². The summed E-state index contributed by atoms with van der Waals surface area (Å²) in [7, 11) is 0. The number of rotatable bonds is 9. The van der Waals surface area contributed by atoms with Crippen LogP contribution >= 0.6 is 12.4 Å². The molecule has 0 saturated heterocycles. The van der Waals surface area contributed by atoms with E-state index in [-0.39, 0.29) is 24.0 Å². The van der Waals surface area contributed by atoms with Gasteiger partial charge in [-0.2, -0.15) is 0 Å². The summed E-state index contributed by atoms with van der Waals surface area (Å²) in [6.07, 6.45) is 8.75. The summed E-state index contributed by atoms with van der Waals surface area (Å²) in [5.74, 6) is -0.0689. The molecule has 18 heavy (non-hydrogen) atoms. The zero-order chi connectivity index (χ0) is 13.1. The van der Waals surface area contributed by atoms with Crippen LogP contribution in [0.2, 0.25) is 0 Å². The van der Waals surface area contributed by atoms with Crippen LogP contribution in [0.15, 0.2) is 0 Å². The molecule has 0 spiro atoms. The molecule has 0 amide bonds. The van der Waals surface area contributed by atoms with Crippen molar-refractivity contribution in [3.05, 3.63) is 0 Å². The molecule has 0 fully saturated rings. The van der Waals surface area contributed by atoms with Crippen molar-refractivity contribution in [3.63, 3.8) is 0 Å². The molecule has 2 N–H and O–H groups in total. The average molecular weight is 280 g/mol. The van der Waals surface area contributed by atoms with Crippen molar-refractivity contribution in [2.75, 3.05) is 6.54 Å². The Labute approximate surface area is 118 Å². The van der Waals surface area contributed by atoms with Crippen LogP contribution in [0, 0.1) is 0 Å². The van der Waals surface area contributed by atoms with Gasteiger partial charge in [0.05, 0.1) is 0 Å². The molecule has 0 aliphatic rings. The second kappa shape index (κ2) is 11.8. The van der Waals surface area contributed by atoms with E-state index in [9.17, 15) is 4.79 Å². The van der Waals surface area contributed by atoms with E-state index in [0.29, 0.717) is 6.42 Å². The van der Waals surface area contributed by atoms with Crippen molar-refractivity contribution in [1.82, 2.24) is 0 Å². The van der Waals surface area contributed by atoms with Gasteiger partial charge in [0, 0.05) is 6.42 Å². The predicted molar refractivity (Wildman–Crippen MR) is 79.1 cm³/mol. The van der Waals surface area contributed by atoms with E-state index in [1.165, 1.54) is 25.7 Å². The molecule has 0 atom stereocenters. The highest BCUT2D eigenvalue weighted by molar-refractivity contribution is 5.85. The summed E-state index contributed by atoms with van der Waals surface area (Å²) in [5, 5.41) is 0. The lowest BCUT2D eigenvalue weighted by atomic mass is 10.1. The van der Waals surface area contributed by atoms with Crippen LogP contribution in [0.1, 0.15) is 72.1 Å². The molecule has 0 unspecified atom stereocenters. The molecule has 3 nitrogen and oxygen atoms in total. The van der Waals surface area contributed by atoms with Crippen LogP contribution in [0.25, 0.3) is 0 Å². The van der Waals surface area contributed by atoms with Crippen molar-refractivity contribution in [1.29, 1.82) is 0 Å². The van der Waals surface area contributed by atoms with E-state index in [2.05, 4.69) is 0 Å². The molecular formula is C14H30ClNO2. The summed E-state index contributed by atoms with van der Waals surface area (Å²) in [6, 6.07) is 0. The molecule has 0 saturated carbocycles. The zero-order valence-corrected chi connectivity index (χ0v) is 13.0. The fourth-order valence-electron chi connectivity index (χ4n) is 1.69. The van der Waals surface area contributed by atoms with E-state index in [4.69, 9.17) is 10.5 Å². The summed E-state index contributed by atoms with van der Waals surface area (Å²) in [4.78, 5) is 11.4. The Hall–Kier alpha value is -0.280. The minimum Gasteiger partial charge on any atom is -0.460 e. The molecule has 0 aliphatic heterocycles. The second-order valence-corrected chi connectivity index (χ2v) is 5.60. The van der Waals surface area contributed by atoms with Crippen molar-refractivity contribution in [3.8, 4) is 0 Å². The summed E-state index contributed by atoms with van der Waals surface area (Å²) in [6.45, 7) is 6.52. The lowest BCUT2D eigenvalue weighted by Gasteiger charge is -2.19. The molecule has 0 rings (SSSR count). The number of hydrogen-bond acceptors (Lipinski definition) is 3. The molecule has 0 heterocycles. The Kier molecular flexibility index (Phi) is 13.1. The Morgan fingerprint density at radius 1 is 0.944 bits per heavy atom. The highest BCUT2D eigenvalue weighted by Crippen LogP contribution is 2.12. The Morgan fingerprint density at radius 2 is 1.39 bits per heavy atom. The molecule has 0 aromatic heterocycles. The summed E-state index contributed by atoms with van der Waals surface area (Å²) >= 11 is 0. The SMILES string of the molecule is CC(C)(C)OC(=O)CCCCCCCCCN.Cl. The lowest BCUT2D eigenvalue weighted by Crippen LogP contribution is -2.23. The molecule has 0 aromatic carbocycles. The number of halogens is 1. The number of hydrogen-bond donors (Lipinski definition) is 1. The van der Waals surface area contributed by atoms with Crippen molar-refractivity contribution in [2.45, 2.75) is 77.7 Å². The molecule has 0 radical (unpaired) electrons. The summed E-state index contributed by atoms with van der Waals surface area (Å²) in [5.41, 5.74) is 5.08. The minimum atomic E-state index is -0.348. The first-order chi connectivity index (χ1) is 7.95. The number of nitrogens with two attached hydrogens (primary N) is 1. The van der Waals surface area contributed by atoms with Gasteiger partial charge in [-0.05, 0) is 40.2 Å². The number of carbonyl (C=O) groups is 1. The van der Waals surface area contributed by atoms with Gasteiger partial charge in [-0.25, -0.2) is 0 Å². The van der Waals surface area contributed by atoms with Crippen LogP contribution in [-0.4, -0.2) is 18.1 Å². The average Bonchev–Trinajstić information content (AvgIpc) is 2.19. The van der Waals surface area contributed by atoms with Crippen LogP contribution in [0.5, 0.6) is 0 Å². The molecular weight excluding hydrogens is 250 g/mol. The Morgan fingerprint density at radius 3 is 1.83 bits per heavy atom. The normalized spacial score (nSPS) is 10.9. The highest BCUT2D eigenvalue weighted by atomic mass is 35.5. The third-order valence-electron chi connectivity index (χ3n) is 2.51. The van der Waals surface area contributed by atoms with Gasteiger partial charge in [-0.3, -0.25) is 4.79 Å². The zero-order valence-electron chi connectivity index (χ0n) is 12.2. The van der Waals surface area contributed by atoms with E-state index < -0.39 is 0 Å². The third-order valence-corrected chi connectivity index (χ3v) is 2.51. The lowest BCUT2D eigenvalue weighted by molar-refractivity contribution is -0.154. The fourth-order valence-corrected chi connectivity index (χ4v) is 1.69. The van der Waals surface area contributed by atoms with E-state index in [1.807, 2.05) is 20.8 Å². The molecule has 0 bridgehead atoms. The standard InChI is InChI=1S/C14H29NO2.ClH/c1-14(2,3)17-13(16)11-9-7-5-4-6-8-10-12-15;/h4-12,15H2,1-3H3;1H. The van der Waals surface area contributed by atoms with Crippen LogP contribution in [-0.2, 0) is 9.53 Å². The van der Waals surface area contributed by atoms with Crippen LogP contribution in [0.4, 0.5) is 0 Å². The smallest absolute Gasteiger partial charge is 0.306 e. The Bertz CT molecular complexity index is 202. The van der Waals surface area contributed by atoms with Gasteiger partial charge in [0.2, 0.25) is 0 Å². The number of esters is 1. The van der Waals surface area contributed by atoms with Gasteiger partial charge in [-0.15, -0.1) is 12.4 Å². The second-order valence-electron chi connectivity index (χ2n) is 5.60. The summed E-state index contributed by atoms with van der Waals surface area (Å²) < 4.78 is 5.24.